The first-order chi connectivity index (χ1) is 16.1. The highest BCUT2D eigenvalue weighted by molar-refractivity contribution is 7.07. The van der Waals surface area contributed by atoms with E-state index in [1.807, 2.05) is 6.07 Å². The van der Waals surface area contributed by atoms with E-state index in [0.717, 1.165) is 16.9 Å². The molecule has 1 N–H and O–H groups in total. The van der Waals surface area contributed by atoms with Crippen molar-refractivity contribution in [2.45, 2.75) is 27.3 Å². The van der Waals surface area contributed by atoms with Gasteiger partial charge in [-0.25, -0.2) is 0 Å². The van der Waals surface area contributed by atoms with Crippen molar-refractivity contribution in [1.82, 2.24) is 4.57 Å². The largest absolute Gasteiger partial charge is 0.454 e. The fourth-order valence-electron chi connectivity index (χ4n) is 3.19. The van der Waals surface area contributed by atoms with Crippen LogP contribution in [0.2, 0.25) is 5.02 Å². The number of ether oxygens (including phenoxy) is 2. The summed E-state index contributed by atoms with van der Waals surface area (Å²) in [6, 6.07) is 12.1. The first-order valence-corrected chi connectivity index (χ1v) is 11.7. The molecule has 2 heterocycles. The summed E-state index contributed by atoms with van der Waals surface area (Å²) >= 11 is 7.22. The van der Waals surface area contributed by atoms with Crippen molar-refractivity contribution in [1.29, 1.82) is 0 Å². The summed E-state index contributed by atoms with van der Waals surface area (Å²) in [7, 11) is 0. The standard InChI is InChI=1S/C25H23ClN2O5S/c1-25(2,3)21(29)12-23-28(24(31)20(34-23)10-15-5-4-6-16(26)9-15)13-22(30)27-17-7-8-18-19(11-17)33-14-32-18/h4-12H,13-14H2,1-3H3,(H,27,30)/b20-10-,23-12-. The predicted molar refractivity (Wildman–Crippen MR) is 133 cm³/mol. The highest BCUT2D eigenvalue weighted by Gasteiger charge is 2.20. The summed E-state index contributed by atoms with van der Waals surface area (Å²) in [5, 5.41) is 3.31. The van der Waals surface area contributed by atoms with E-state index < -0.39 is 11.3 Å². The van der Waals surface area contributed by atoms with Gasteiger partial charge in [-0.05, 0) is 35.9 Å². The zero-order valence-corrected chi connectivity index (χ0v) is 20.5. The number of aromatic nitrogens is 1. The zero-order chi connectivity index (χ0) is 24.5. The third-order valence-electron chi connectivity index (χ3n) is 5.03. The molecule has 0 spiro atoms. The molecule has 1 aliphatic heterocycles. The van der Waals surface area contributed by atoms with Gasteiger partial charge in [-0.1, -0.05) is 44.5 Å². The molecule has 0 bridgehead atoms. The fourth-order valence-corrected chi connectivity index (χ4v) is 4.43. The first kappa shape index (κ1) is 23.8. The lowest BCUT2D eigenvalue weighted by atomic mass is 9.91. The molecule has 0 radical (unpaired) electrons. The second-order valence-corrected chi connectivity index (χ2v) is 10.3. The minimum absolute atomic E-state index is 0.129. The van der Waals surface area contributed by atoms with Gasteiger partial charge in [0.1, 0.15) is 11.2 Å². The molecule has 3 aromatic rings. The number of ketones is 1. The van der Waals surface area contributed by atoms with Crippen molar-refractivity contribution < 1.29 is 19.1 Å². The van der Waals surface area contributed by atoms with Crippen LogP contribution >= 0.6 is 22.9 Å². The Morgan fingerprint density at radius 3 is 2.65 bits per heavy atom. The maximum atomic E-state index is 13.2. The fraction of sp³-hybridized carbons (Fsp3) is 0.240. The van der Waals surface area contributed by atoms with Crippen LogP contribution in [0.25, 0.3) is 12.2 Å². The van der Waals surface area contributed by atoms with Crippen molar-refractivity contribution in [3.05, 3.63) is 72.6 Å². The smallest absolute Gasteiger partial charge is 0.269 e. The zero-order valence-electron chi connectivity index (χ0n) is 18.9. The molecule has 0 atom stereocenters. The van der Waals surface area contributed by atoms with Crippen LogP contribution < -0.4 is 29.5 Å². The monoisotopic (exact) mass is 498 g/mol. The SMILES string of the molecule is CC(C)(C)C(=O)/C=c1\s/c(=C\c2cccc(Cl)c2)c(=O)n1CC(=O)Nc1ccc2c(c1)OCO2. The Morgan fingerprint density at radius 2 is 1.91 bits per heavy atom. The molecule has 9 heteroatoms. The molecule has 2 aromatic carbocycles. The molecular weight excluding hydrogens is 476 g/mol. The Balaban J connectivity index is 1.70. The number of thiazole rings is 1. The maximum absolute atomic E-state index is 13.2. The van der Waals surface area contributed by atoms with Crippen molar-refractivity contribution in [2.75, 3.05) is 12.1 Å². The summed E-state index contributed by atoms with van der Waals surface area (Å²) < 4.78 is 12.7. The van der Waals surface area contributed by atoms with E-state index in [2.05, 4.69) is 5.32 Å². The summed E-state index contributed by atoms with van der Waals surface area (Å²) in [4.78, 5) is 38.7. The molecule has 0 unspecified atom stereocenters. The van der Waals surface area contributed by atoms with Gasteiger partial charge in [0.25, 0.3) is 5.56 Å². The van der Waals surface area contributed by atoms with Crippen molar-refractivity contribution in [2.24, 2.45) is 5.41 Å². The lowest BCUT2D eigenvalue weighted by Gasteiger charge is -2.13. The van der Waals surface area contributed by atoms with Crippen LogP contribution in [-0.2, 0) is 16.1 Å². The molecular formula is C25H23ClN2O5S. The van der Waals surface area contributed by atoms with Crippen LogP contribution in [0, 0.1) is 5.41 Å². The number of benzene rings is 2. The highest BCUT2D eigenvalue weighted by Crippen LogP contribution is 2.34. The number of nitrogens with one attached hydrogen (secondary N) is 1. The summed E-state index contributed by atoms with van der Waals surface area (Å²) in [5.41, 5.74) is 0.269. The van der Waals surface area contributed by atoms with Crippen molar-refractivity contribution >= 4 is 52.5 Å². The van der Waals surface area contributed by atoms with E-state index in [1.165, 1.54) is 10.6 Å². The number of hydrogen-bond acceptors (Lipinski definition) is 6. The van der Waals surface area contributed by atoms with Crippen LogP contribution in [0.4, 0.5) is 5.69 Å². The van der Waals surface area contributed by atoms with Gasteiger partial charge in [0.15, 0.2) is 17.3 Å². The molecule has 34 heavy (non-hydrogen) atoms. The van der Waals surface area contributed by atoms with Crippen LogP contribution in [0.5, 0.6) is 11.5 Å². The Hall–Kier alpha value is -3.36. The minimum atomic E-state index is -0.629. The Kier molecular flexibility index (Phi) is 6.63. The molecule has 0 saturated carbocycles. The predicted octanol–water partition coefficient (Wildman–Crippen LogP) is 3.16. The number of fused-ring (bicyclic) bond motifs is 1. The number of halogens is 1. The summed E-state index contributed by atoms with van der Waals surface area (Å²) in [6.45, 7) is 5.27. The number of nitrogens with zero attached hydrogens (tertiary/aromatic N) is 1. The Morgan fingerprint density at radius 1 is 1.15 bits per heavy atom. The average molecular weight is 499 g/mol. The van der Waals surface area contributed by atoms with Gasteiger partial charge in [0.05, 0.1) is 4.53 Å². The number of amides is 1. The van der Waals surface area contributed by atoms with E-state index in [1.54, 1.807) is 63.2 Å². The lowest BCUT2D eigenvalue weighted by Crippen LogP contribution is -2.36. The van der Waals surface area contributed by atoms with Gasteiger partial charge in [-0.3, -0.25) is 19.0 Å². The summed E-state index contributed by atoms with van der Waals surface area (Å²) in [6.07, 6.45) is 3.12. The van der Waals surface area contributed by atoms with E-state index in [9.17, 15) is 14.4 Å². The minimum Gasteiger partial charge on any atom is -0.454 e. The van der Waals surface area contributed by atoms with Gasteiger partial charge in [-0.2, -0.15) is 0 Å². The molecule has 1 aromatic heterocycles. The summed E-state index contributed by atoms with van der Waals surface area (Å²) in [5.74, 6) is 0.582. The molecule has 7 nitrogen and oxygen atoms in total. The van der Waals surface area contributed by atoms with Crippen LogP contribution in [0.1, 0.15) is 26.3 Å². The maximum Gasteiger partial charge on any atom is 0.269 e. The van der Waals surface area contributed by atoms with Crippen molar-refractivity contribution in [3.63, 3.8) is 0 Å². The third-order valence-corrected chi connectivity index (χ3v) is 6.33. The quantitative estimate of drug-likeness (QED) is 0.584. The van der Waals surface area contributed by atoms with Gasteiger partial charge < -0.3 is 14.8 Å². The second-order valence-electron chi connectivity index (χ2n) is 8.77. The van der Waals surface area contributed by atoms with E-state index in [4.69, 9.17) is 21.1 Å². The highest BCUT2D eigenvalue weighted by atomic mass is 35.5. The number of rotatable bonds is 5. The third kappa shape index (κ3) is 5.40. The van der Waals surface area contributed by atoms with E-state index in [-0.39, 0.29) is 24.7 Å². The Labute approximate surface area is 204 Å². The van der Waals surface area contributed by atoms with Crippen LogP contribution in [-0.4, -0.2) is 23.1 Å². The molecule has 176 valence electrons. The number of Topliss-reactive ketones (excluding diaryl/α,β-unsaturated/α-hetero) is 1. The van der Waals surface area contributed by atoms with Crippen LogP contribution in [0.3, 0.4) is 0 Å². The second kappa shape index (κ2) is 9.48. The molecule has 1 amide bonds. The molecule has 0 saturated heterocycles. The average Bonchev–Trinajstić information content (AvgIpc) is 3.33. The molecule has 4 rings (SSSR count). The topological polar surface area (TPSA) is 86.6 Å². The Bertz CT molecular complexity index is 1450. The van der Waals surface area contributed by atoms with Gasteiger partial charge in [0.2, 0.25) is 12.7 Å². The van der Waals surface area contributed by atoms with Gasteiger partial charge >= 0.3 is 0 Å². The van der Waals surface area contributed by atoms with Crippen LogP contribution in [0.15, 0.2) is 47.3 Å². The lowest BCUT2D eigenvalue weighted by molar-refractivity contribution is -0.120. The number of carbonyl (C=O) groups is 2. The molecule has 1 aliphatic rings. The normalized spacial score (nSPS) is 13.9. The number of carbonyl (C=O) groups excluding carboxylic acids is 2. The number of anilines is 1. The number of hydrogen-bond donors (Lipinski definition) is 1. The molecule has 0 fully saturated rings. The van der Waals surface area contributed by atoms with Crippen molar-refractivity contribution in [3.8, 4) is 11.5 Å². The van der Waals surface area contributed by atoms with Gasteiger partial charge in [0, 0.05) is 28.3 Å². The first-order valence-electron chi connectivity index (χ1n) is 10.5. The molecule has 0 aliphatic carbocycles. The van der Waals surface area contributed by atoms with Gasteiger partial charge in [-0.15, -0.1) is 11.3 Å². The van der Waals surface area contributed by atoms with E-state index in [0.29, 0.717) is 31.4 Å². The van der Waals surface area contributed by atoms with E-state index >= 15 is 0 Å².